The Labute approximate surface area is 48.9 Å². The molecular weight excluding hydrogens is 100 g/mol. The Bertz CT molecular complexity index is 167. The molecule has 0 aliphatic heterocycles. The summed E-state index contributed by atoms with van der Waals surface area (Å²) in [5.41, 5.74) is 6.27. The number of nitrogens with zero attached hydrogens (tertiary/aromatic N) is 1. The first kappa shape index (κ1) is 5.22. The summed E-state index contributed by atoms with van der Waals surface area (Å²) in [5, 5.41) is 0. The molecule has 0 unspecified atom stereocenters. The maximum Gasteiger partial charge on any atom is 0.0493 e. The van der Waals surface area contributed by atoms with E-state index in [9.17, 15) is 0 Å². The van der Waals surface area contributed by atoms with Crippen molar-refractivity contribution in [1.29, 1.82) is 0 Å². The summed E-state index contributed by atoms with van der Waals surface area (Å²) in [6.45, 7) is 3.08. The van der Waals surface area contributed by atoms with Gasteiger partial charge in [-0.2, -0.15) is 0 Å². The van der Waals surface area contributed by atoms with Gasteiger partial charge in [0, 0.05) is 24.6 Å². The smallest absolute Gasteiger partial charge is 0.0493 e. The Morgan fingerprint density at radius 2 is 2.50 bits per heavy atom. The molecule has 0 spiro atoms. The summed E-state index contributed by atoms with van der Waals surface area (Å²) in [7, 11) is 0. The van der Waals surface area contributed by atoms with E-state index >= 15 is 0 Å². The number of anilines is 1. The number of nitrogen functional groups attached to an aromatic ring is 1. The lowest BCUT2D eigenvalue weighted by Gasteiger charge is -1.90. The number of hydrogen-bond acceptors (Lipinski definition) is 1. The summed E-state index contributed by atoms with van der Waals surface area (Å²) in [6.07, 6.45) is 3.88. The van der Waals surface area contributed by atoms with E-state index in [-0.39, 0.29) is 0 Å². The molecule has 0 saturated carbocycles. The van der Waals surface area contributed by atoms with Crippen LogP contribution in [0, 0.1) is 0 Å². The van der Waals surface area contributed by atoms with Crippen LogP contribution in [0.3, 0.4) is 0 Å². The van der Waals surface area contributed by atoms with E-state index in [1.165, 1.54) is 0 Å². The average Bonchev–Trinajstić information content (AvgIpc) is 2.14. The highest BCUT2D eigenvalue weighted by Crippen LogP contribution is 2.00. The van der Waals surface area contributed by atoms with Crippen LogP contribution in [0.1, 0.15) is 6.92 Å². The van der Waals surface area contributed by atoms with Gasteiger partial charge in [0.15, 0.2) is 0 Å². The molecule has 0 atom stereocenters. The van der Waals surface area contributed by atoms with Crippen LogP contribution >= 0.6 is 0 Å². The number of aryl methyl sites for hydroxylation is 1. The van der Waals surface area contributed by atoms with Crippen molar-refractivity contribution in [2.75, 3.05) is 5.73 Å². The summed E-state index contributed by atoms with van der Waals surface area (Å²) < 4.78 is 2.04. The van der Waals surface area contributed by atoms with Crippen LogP contribution in [0.15, 0.2) is 18.5 Å². The lowest BCUT2D eigenvalue weighted by molar-refractivity contribution is 0.770. The molecule has 1 aromatic rings. The molecule has 44 valence electrons. The Kier molecular flexibility index (Phi) is 1.24. The van der Waals surface area contributed by atoms with Gasteiger partial charge in [0.1, 0.15) is 0 Å². The number of nitrogens with two attached hydrogens (primary N) is 1. The third kappa shape index (κ3) is 0.832. The summed E-state index contributed by atoms with van der Waals surface area (Å²) >= 11 is 0. The molecule has 8 heavy (non-hydrogen) atoms. The van der Waals surface area contributed by atoms with Crippen molar-refractivity contribution in [2.24, 2.45) is 0 Å². The lowest BCUT2D eigenvalue weighted by Crippen LogP contribution is -1.87. The van der Waals surface area contributed by atoms with Gasteiger partial charge in [-0.15, -0.1) is 0 Å². The first-order chi connectivity index (χ1) is 3.83. The fourth-order valence-corrected chi connectivity index (χ4v) is 0.656. The summed E-state index contributed by atoms with van der Waals surface area (Å²) in [5.74, 6) is 0. The average molecular weight is 110 g/mol. The molecule has 1 heterocycles. The van der Waals surface area contributed by atoms with Crippen LogP contribution in [-0.4, -0.2) is 4.57 Å². The molecule has 0 aromatic carbocycles. The van der Waals surface area contributed by atoms with Crippen molar-refractivity contribution in [3.63, 3.8) is 0 Å². The highest BCUT2D eigenvalue weighted by atomic mass is 14.9. The molecule has 1 aromatic heterocycles. The van der Waals surface area contributed by atoms with E-state index < -0.39 is 0 Å². The van der Waals surface area contributed by atoms with Gasteiger partial charge >= 0.3 is 0 Å². The van der Waals surface area contributed by atoms with Crippen LogP contribution in [0.2, 0.25) is 0 Å². The topological polar surface area (TPSA) is 30.9 Å². The normalized spacial score (nSPS) is 9.62. The van der Waals surface area contributed by atoms with E-state index in [0.29, 0.717) is 0 Å². The van der Waals surface area contributed by atoms with Gasteiger partial charge in [0.2, 0.25) is 0 Å². The van der Waals surface area contributed by atoms with E-state index in [0.717, 1.165) is 12.2 Å². The van der Waals surface area contributed by atoms with Crippen molar-refractivity contribution in [3.05, 3.63) is 18.5 Å². The number of rotatable bonds is 1. The lowest BCUT2D eigenvalue weighted by atomic mass is 10.6. The zero-order chi connectivity index (χ0) is 5.98. The second-order valence-corrected chi connectivity index (χ2v) is 1.78. The molecule has 0 aliphatic carbocycles. The minimum Gasteiger partial charge on any atom is -0.398 e. The third-order valence-electron chi connectivity index (χ3n) is 1.14. The van der Waals surface area contributed by atoms with E-state index in [4.69, 9.17) is 5.73 Å². The molecule has 0 aliphatic rings. The second-order valence-electron chi connectivity index (χ2n) is 1.78. The highest BCUT2D eigenvalue weighted by Gasteiger charge is 1.84. The molecule has 0 saturated heterocycles. The van der Waals surface area contributed by atoms with Crippen molar-refractivity contribution in [1.82, 2.24) is 4.57 Å². The van der Waals surface area contributed by atoms with Crippen LogP contribution in [0.5, 0.6) is 0 Å². The van der Waals surface area contributed by atoms with Gasteiger partial charge < -0.3 is 10.3 Å². The standard InChI is InChI=1S/C6H10N2/c1-2-8-4-3-6(7)5-8/h3-5H,2,7H2,1H3. The Morgan fingerprint density at radius 3 is 2.75 bits per heavy atom. The number of aromatic nitrogens is 1. The Balaban J connectivity index is 2.84. The summed E-state index contributed by atoms with van der Waals surface area (Å²) in [6, 6.07) is 1.89. The maximum atomic E-state index is 5.43. The quantitative estimate of drug-likeness (QED) is 0.576. The van der Waals surface area contributed by atoms with E-state index in [1.807, 2.05) is 23.0 Å². The fourth-order valence-electron chi connectivity index (χ4n) is 0.656. The van der Waals surface area contributed by atoms with Crippen LogP contribution < -0.4 is 5.73 Å². The zero-order valence-corrected chi connectivity index (χ0v) is 4.96. The van der Waals surface area contributed by atoms with Gasteiger partial charge in [-0.05, 0) is 13.0 Å². The van der Waals surface area contributed by atoms with E-state index in [2.05, 4.69) is 6.92 Å². The van der Waals surface area contributed by atoms with Gasteiger partial charge in [-0.25, -0.2) is 0 Å². The van der Waals surface area contributed by atoms with Gasteiger partial charge in [0.25, 0.3) is 0 Å². The van der Waals surface area contributed by atoms with Gasteiger partial charge in [-0.1, -0.05) is 0 Å². The first-order valence-corrected chi connectivity index (χ1v) is 2.74. The van der Waals surface area contributed by atoms with Crippen molar-refractivity contribution < 1.29 is 0 Å². The largest absolute Gasteiger partial charge is 0.398 e. The van der Waals surface area contributed by atoms with Gasteiger partial charge in [-0.3, -0.25) is 0 Å². The molecule has 1 rings (SSSR count). The monoisotopic (exact) mass is 110 g/mol. The van der Waals surface area contributed by atoms with Crippen molar-refractivity contribution in [3.8, 4) is 0 Å². The van der Waals surface area contributed by atoms with Crippen LogP contribution in [0.25, 0.3) is 0 Å². The third-order valence-corrected chi connectivity index (χ3v) is 1.14. The minimum absolute atomic E-state index is 0.840. The zero-order valence-electron chi connectivity index (χ0n) is 4.96. The predicted molar refractivity (Wildman–Crippen MR) is 34.5 cm³/mol. The molecule has 0 bridgehead atoms. The second kappa shape index (κ2) is 1.90. The number of hydrogen-bond donors (Lipinski definition) is 1. The Hall–Kier alpha value is -0.920. The molecule has 0 fully saturated rings. The molecular formula is C6H10N2. The molecule has 2 N–H and O–H groups in total. The van der Waals surface area contributed by atoms with Gasteiger partial charge in [0.05, 0.1) is 0 Å². The van der Waals surface area contributed by atoms with Crippen LogP contribution in [0.4, 0.5) is 5.69 Å². The van der Waals surface area contributed by atoms with E-state index in [1.54, 1.807) is 0 Å². The van der Waals surface area contributed by atoms with Crippen molar-refractivity contribution in [2.45, 2.75) is 13.5 Å². The fraction of sp³-hybridized carbons (Fsp3) is 0.333. The molecule has 0 radical (unpaired) electrons. The molecule has 2 nitrogen and oxygen atoms in total. The predicted octanol–water partition coefficient (Wildman–Crippen LogP) is 1.09. The van der Waals surface area contributed by atoms with Crippen LogP contribution in [-0.2, 0) is 6.54 Å². The molecule has 0 amide bonds. The van der Waals surface area contributed by atoms with Crippen molar-refractivity contribution >= 4 is 5.69 Å². The molecule has 2 heteroatoms. The Morgan fingerprint density at radius 1 is 1.75 bits per heavy atom. The summed E-state index contributed by atoms with van der Waals surface area (Å²) in [4.78, 5) is 0. The minimum atomic E-state index is 0.840. The SMILES string of the molecule is CCn1ccc(N)c1. The highest BCUT2D eigenvalue weighted by molar-refractivity contribution is 5.34. The first-order valence-electron chi connectivity index (χ1n) is 2.74. The maximum absolute atomic E-state index is 5.43.